The number of rotatable bonds is 6. The molecule has 10 heteroatoms. The van der Waals surface area contributed by atoms with Gasteiger partial charge in [-0.05, 0) is 54.1 Å². The minimum atomic E-state index is -1.13. The van der Waals surface area contributed by atoms with Crippen molar-refractivity contribution in [2.24, 2.45) is 0 Å². The Morgan fingerprint density at radius 3 is 2.25 bits per heavy atom. The number of aliphatic hydroxyl groups is 1. The summed E-state index contributed by atoms with van der Waals surface area (Å²) < 4.78 is 29.8. The Bertz CT molecular complexity index is 1410. The summed E-state index contributed by atoms with van der Waals surface area (Å²) in [7, 11) is 4.34. The predicted octanol–water partition coefficient (Wildman–Crippen LogP) is 5.78. The topological polar surface area (TPSA) is 85.3 Å². The minimum absolute atomic E-state index is 0.0941. The average Bonchev–Trinajstić information content (AvgIpc) is 3.15. The zero-order chi connectivity index (χ0) is 26.1. The van der Waals surface area contributed by atoms with E-state index in [0.29, 0.717) is 22.8 Å². The van der Waals surface area contributed by atoms with Gasteiger partial charge in [-0.3, -0.25) is 14.5 Å². The number of carbonyl (C=O) groups is 2. The van der Waals surface area contributed by atoms with Gasteiger partial charge >= 0.3 is 0 Å². The first-order valence-electron chi connectivity index (χ1n) is 10.5. The van der Waals surface area contributed by atoms with Crippen molar-refractivity contribution >= 4 is 46.3 Å². The fourth-order valence-corrected chi connectivity index (χ4v) is 4.41. The molecule has 0 bridgehead atoms. The molecule has 0 aromatic heterocycles. The number of carbonyl (C=O) groups excluding carboxylic acids is 2. The fourth-order valence-electron chi connectivity index (χ4n) is 4.03. The molecule has 36 heavy (non-hydrogen) atoms. The van der Waals surface area contributed by atoms with Crippen molar-refractivity contribution in [3.05, 3.63) is 87.2 Å². The normalized spacial score (nSPS) is 16.8. The van der Waals surface area contributed by atoms with Gasteiger partial charge in [0.2, 0.25) is 0 Å². The van der Waals surface area contributed by atoms with E-state index in [1.807, 2.05) is 0 Å². The molecule has 1 N–H and O–H groups in total. The van der Waals surface area contributed by atoms with E-state index in [0.717, 1.165) is 11.0 Å². The number of methoxy groups -OCH3 is 3. The molecule has 0 spiro atoms. The first-order chi connectivity index (χ1) is 17.2. The van der Waals surface area contributed by atoms with Gasteiger partial charge in [0.25, 0.3) is 11.7 Å². The van der Waals surface area contributed by atoms with Crippen LogP contribution in [-0.4, -0.2) is 38.1 Å². The molecule has 1 atom stereocenters. The number of anilines is 1. The first kappa shape index (κ1) is 25.3. The lowest BCUT2D eigenvalue weighted by Gasteiger charge is -2.26. The maximum atomic E-state index is 13.9. The number of benzene rings is 3. The molecule has 1 aliphatic rings. The lowest BCUT2D eigenvalue weighted by atomic mass is 9.94. The average molecular weight is 532 g/mol. The van der Waals surface area contributed by atoms with E-state index >= 15 is 0 Å². The summed E-state index contributed by atoms with van der Waals surface area (Å²) in [4.78, 5) is 27.8. The monoisotopic (exact) mass is 531 g/mol. The zero-order valence-electron chi connectivity index (χ0n) is 19.3. The highest BCUT2D eigenvalue weighted by Crippen LogP contribution is 2.45. The van der Waals surface area contributed by atoms with Crippen molar-refractivity contribution in [1.29, 1.82) is 0 Å². The lowest BCUT2D eigenvalue weighted by Crippen LogP contribution is -2.29. The first-order valence-corrected chi connectivity index (χ1v) is 11.3. The Hall–Kier alpha value is -3.75. The minimum Gasteiger partial charge on any atom is -0.507 e. The molecule has 1 fully saturated rings. The van der Waals surface area contributed by atoms with Gasteiger partial charge in [-0.2, -0.15) is 0 Å². The van der Waals surface area contributed by atoms with Crippen LogP contribution in [0.2, 0.25) is 10.0 Å². The van der Waals surface area contributed by atoms with Gasteiger partial charge in [-0.15, -0.1) is 0 Å². The van der Waals surface area contributed by atoms with E-state index < -0.39 is 29.3 Å². The molecule has 1 heterocycles. The molecule has 0 aliphatic carbocycles. The number of nitrogens with zero attached hydrogens (tertiary/aromatic N) is 1. The predicted molar refractivity (Wildman–Crippen MR) is 134 cm³/mol. The number of aliphatic hydroxyl groups excluding tert-OH is 1. The number of amides is 1. The largest absolute Gasteiger partial charge is 0.507 e. The highest BCUT2D eigenvalue weighted by Gasteiger charge is 2.47. The van der Waals surface area contributed by atoms with Crippen molar-refractivity contribution in [1.82, 2.24) is 0 Å². The van der Waals surface area contributed by atoms with Crippen LogP contribution in [0.5, 0.6) is 17.2 Å². The smallest absolute Gasteiger partial charge is 0.300 e. The molecule has 3 aromatic carbocycles. The molecule has 0 saturated carbocycles. The van der Waals surface area contributed by atoms with Crippen LogP contribution in [0, 0.1) is 5.82 Å². The maximum absolute atomic E-state index is 13.9. The van der Waals surface area contributed by atoms with Gasteiger partial charge in [0, 0.05) is 11.3 Å². The van der Waals surface area contributed by atoms with Crippen LogP contribution >= 0.6 is 23.2 Å². The zero-order valence-corrected chi connectivity index (χ0v) is 20.9. The highest BCUT2D eigenvalue weighted by atomic mass is 35.5. The lowest BCUT2D eigenvalue weighted by molar-refractivity contribution is -0.132. The quantitative estimate of drug-likeness (QED) is 0.246. The van der Waals surface area contributed by atoms with Gasteiger partial charge in [-0.1, -0.05) is 29.3 Å². The van der Waals surface area contributed by atoms with E-state index in [2.05, 4.69) is 0 Å². The Kier molecular flexibility index (Phi) is 7.10. The Labute approximate surface area is 216 Å². The van der Waals surface area contributed by atoms with Crippen LogP contribution in [0.15, 0.2) is 60.2 Å². The van der Waals surface area contributed by atoms with Crippen molar-refractivity contribution < 1.29 is 33.3 Å². The van der Waals surface area contributed by atoms with Crippen LogP contribution < -0.4 is 19.1 Å². The molecule has 1 saturated heterocycles. The van der Waals surface area contributed by atoms with Crippen molar-refractivity contribution in [2.45, 2.75) is 6.04 Å². The second-order valence-electron chi connectivity index (χ2n) is 7.73. The summed E-state index contributed by atoms with van der Waals surface area (Å²) in [6, 6.07) is 11.8. The molecule has 186 valence electrons. The molecule has 1 unspecified atom stereocenters. The van der Waals surface area contributed by atoms with Gasteiger partial charge in [0.1, 0.15) is 17.3 Å². The second-order valence-corrected chi connectivity index (χ2v) is 8.54. The summed E-state index contributed by atoms with van der Waals surface area (Å²) in [6.07, 6.45) is 0. The fraction of sp³-hybridized carbons (Fsp3) is 0.154. The third-order valence-corrected chi connectivity index (χ3v) is 6.40. The Morgan fingerprint density at radius 2 is 1.61 bits per heavy atom. The molecular weight excluding hydrogens is 512 g/mol. The van der Waals surface area contributed by atoms with Crippen molar-refractivity contribution in [3.63, 3.8) is 0 Å². The number of ether oxygens (including phenoxy) is 3. The Morgan fingerprint density at radius 1 is 0.889 bits per heavy atom. The highest BCUT2D eigenvalue weighted by molar-refractivity contribution is 6.52. The molecular formula is C26H20Cl2FNO6. The summed E-state index contributed by atoms with van der Waals surface area (Å²) >= 11 is 12.3. The third-order valence-electron chi connectivity index (χ3n) is 5.78. The SMILES string of the molecule is COc1ccc(Cl)c(/C(O)=C2\C(=O)C(=O)N(c3ccc(F)c(Cl)c3)C2c2ccc(OC)c(OC)c2)c1. The molecule has 0 radical (unpaired) electrons. The van der Waals surface area contributed by atoms with Crippen LogP contribution in [-0.2, 0) is 9.59 Å². The Balaban J connectivity index is 2.01. The van der Waals surface area contributed by atoms with Crippen LogP contribution in [0.3, 0.4) is 0 Å². The van der Waals surface area contributed by atoms with Gasteiger partial charge in [-0.25, -0.2) is 4.39 Å². The summed E-state index contributed by atoms with van der Waals surface area (Å²) in [6.45, 7) is 0. The standard InChI is InChI=1S/C26H20Cl2FNO6/c1-34-15-6-7-17(27)16(12-15)24(31)22-23(13-4-9-20(35-2)21(10-13)36-3)30(26(33)25(22)32)14-5-8-19(29)18(28)11-14/h4-12,23,31H,1-3H3/b24-22+. The van der Waals surface area contributed by atoms with Gasteiger partial charge in [0.15, 0.2) is 11.5 Å². The molecule has 7 nitrogen and oxygen atoms in total. The number of hydrogen-bond acceptors (Lipinski definition) is 6. The van der Waals surface area contributed by atoms with Crippen LogP contribution in [0.4, 0.5) is 10.1 Å². The van der Waals surface area contributed by atoms with E-state index in [1.54, 1.807) is 24.3 Å². The van der Waals surface area contributed by atoms with E-state index in [1.165, 1.54) is 45.6 Å². The van der Waals surface area contributed by atoms with E-state index in [9.17, 15) is 19.1 Å². The molecule has 1 amide bonds. The molecule has 4 rings (SSSR count). The van der Waals surface area contributed by atoms with Gasteiger partial charge in [0.05, 0.1) is 43.0 Å². The molecule has 3 aromatic rings. The van der Waals surface area contributed by atoms with Gasteiger partial charge < -0.3 is 19.3 Å². The van der Waals surface area contributed by atoms with Crippen LogP contribution in [0.25, 0.3) is 5.76 Å². The molecule has 1 aliphatic heterocycles. The maximum Gasteiger partial charge on any atom is 0.300 e. The third kappa shape index (κ3) is 4.34. The summed E-state index contributed by atoms with van der Waals surface area (Å²) in [5.74, 6) is -1.99. The summed E-state index contributed by atoms with van der Waals surface area (Å²) in [5.41, 5.74) is 0.423. The van der Waals surface area contributed by atoms with E-state index in [4.69, 9.17) is 37.4 Å². The number of halogens is 3. The second kappa shape index (κ2) is 10.1. The number of ketones is 1. The van der Waals surface area contributed by atoms with Crippen molar-refractivity contribution in [3.8, 4) is 17.2 Å². The van der Waals surface area contributed by atoms with E-state index in [-0.39, 0.29) is 26.9 Å². The van der Waals surface area contributed by atoms with Crippen LogP contribution in [0.1, 0.15) is 17.2 Å². The van der Waals surface area contributed by atoms with Crippen molar-refractivity contribution in [2.75, 3.05) is 26.2 Å². The number of Topliss-reactive ketones (excluding diaryl/α,β-unsaturated/α-hetero) is 1. The number of hydrogen-bond donors (Lipinski definition) is 1. The summed E-state index contributed by atoms with van der Waals surface area (Å²) in [5, 5.41) is 11.2.